The van der Waals surface area contributed by atoms with Gasteiger partial charge in [-0.25, -0.2) is 0 Å². The summed E-state index contributed by atoms with van der Waals surface area (Å²) in [7, 11) is 0. The highest BCUT2D eigenvalue weighted by Gasteiger charge is 2.64. The van der Waals surface area contributed by atoms with Crippen molar-refractivity contribution in [2.45, 2.75) is 78.9 Å². The van der Waals surface area contributed by atoms with E-state index >= 15 is 0 Å². The Bertz CT molecular complexity index is 279. The lowest BCUT2D eigenvalue weighted by Crippen LogP contribution is -2.36. The van der Waals surface area contributed by atoms with Crippen molar-refractivity contribution >= 4 is 0 Å². The molecule has 1 heterocycles. The van der Waals surface area contributed by atoms with Crippen molar-refractivity contribution in [2.75, 3.05) is 13.1 Å². The van der Waals surface area contributed by atoms with E-state index in [4.69, 9.17) is 0 Å². The van der Waals surface area contributed by atoms with Crippen LogP contribution in [0, 0.1) is 10.8 Å². The van der Waals surface area contributed by atoms with E-state index in [1.165, 1.54) is 32.4 Å². The maximum atomic E-state index is 3.95. The van der Waals surface area contributed by atoms with Gasteiger partial charge in [-0.15, -0.1) is 0 Å². The van der Waals surface area contributed by atoms with Crippen molar-refractivity contribution in [1.82, 2.24) is 10.2 Å². The Kier molecular flexibility index (Phi) is 3.81. The van der Waals surface area contributed by atoms with Crippen LogP contribution in [0.25, 0.3) is 0 Å². The molecule has 2 rings (SSSR count). The number of rotatable bonds is 3. The molecule has 2 fully saturated rings. The lowest BCUT2D eigenvalue weighted by molar-refractivity contribution is 0.228. The molecular formula is C16H32N2. The molecule has 1 saturated carbocycles. The third-order valence-corrected chi connectivity index (χ3v) is 5.92. The molecule has 2 aliphatic rings. The zero-order valence-corrected chi connectivity index (χ0v) is 13.2. The molecule has 2 heteroatoms. The maximum Gasteiger partial charge on any atom is 0.0183 e. The molecule has 18 heavy (non-hydrogen) atoms. The van der Waals surface area contributed by atoms with Crippen LogP contribution >= 0.6 is 0 Å². The third kappa shape index (κ3) is 2.46. The molecule has 0 spiro atoms. The average molecular weight is 252 g/mol. The minimum absolute atomic E-state index is 0.469. The van der Waals surface area contributed by atoms with E-state index in [0.29, 0.717) is 22.9 Å². The van der Waals surface area contributed by atoms with Crippen molar-refractivity contribution in [3.8, 4) is 0 Å². The first-order valence-corrected chi connectivity index (χ1v) is 7.77. The summed E-state index contributed by atoms with van der Waals surface area (Å²) in [4.78, 5) is 2.63. The van der Waals surface area contributed by atoms with Crippen molar-refractivity contribution in [3.05, 3.63) is 0 Å². The Morgan fingerprint density at radius 1 is 1.00 bits per heavy atom. The molecule has 0 aromatic heterocycles. The molecule has 1 N–H and O–H groups in total. The van der Waals surface area contributed by atoms with Crippen LogP contribution in [0.5, 0.6) is 0 Å². The second-order valence-corrected chi connectivity index (χ2v) is 7.80. The molecular weight excluding hydrogens is 220 g/mol. The van der Waals surface area contributed by atoms with Gasteiger partial charge in [-0.1, -0.05) is 27.7 Å². The van der Waals surface area contributed by atoms with Crippen LogP contribution in [0.3, 0.4) is 0 Å². The normalized spacial score (nSPS) is 32.5. The van der Waals surface area contributed by atoms with Crippen molar-refractivity contribution in [2.24, 2.45) is 10.8 Å². The summed E-state index contributed by atoms with van der Waals surface area (Å²) in [6, 6.07) is 2.15. The fraction of sp³-hybridized carbons (Fsp3) is 1.00. The SMILES string of the molecule is CC(C)N1CCCC(NC2C(C)(C)C2(C)C)CC1. The van der Waals surface area contributed by atoms with Gasteiger partial charge in [-0.2, -0.15) is 0 Å². The number of nitrogens with zero attached hydrogens (tertiary/aromatic N) is 1. The predicted octanol–water partition coefficient (Wildman–Crippen LogP) is 3.27. The second-order valence-electron chi connectivity index (χ2n) is 7.80. The highest BCUT2D eigenvalue weighted by molar-refractivity contribution is 5.18. The van der Waals surface area contributed by atoms with Crippen LogP contribution in [-0.4, -0.2) is 36.1 Å². The van der Waals surface area contributed by atoms with Crippen LogP contribution in [-0.2, 0) is 0 Å². The molecule has 1 saturated heterocycles. The molecule has 1 unspecified atom stereocenters. The molecule has 0 radical (unpaired) electrons. The number of nitrogens with one attached hydrogen (secondary N) is 1. The molecule has 0 bridgehead atoms. The first-order valence-electron chi connectivity index (χ1n) is 7.77. The minimum atomic E-state index is 0.469. The van der Waals surface area contributed by atoms with Gasteiger partial charge >= 0.3 is 0 Å². The van der Waals surface area contributed by atoms with Crippen LogP contribution < -0.4 is 5.32 Å². The van der Waals surface area contributed by atoms with Gasteiger partial charge in [0.25, 0.3) is 0 Å². The summed E-state index contributed by atoms with van der Waals surface area (Å²) in [6.45, 7) is 16.8. The number of hydrogen-bond acceptors (Lipinski definition) is 2. The summed E-state index contributed by atoms with van der Waals surface area (Å²) in [5, 5.41) is 3.95. The van der Waals surface area contributed by atoms with E-state index in [9.17, 15) is 0 Å². The average Bonchev–Trinajstić information content (AvgIpc) is 2.77. The third-order valence-electron chi connectivity index (χ3n) is 5.92. The van der Waals surface area contributed by atoms with Crippen LogP contribution in [0.15, 0.2) is 0 Å². The van der Waals surface area contributed by atoms with Crippen molar-refractivity contribution in [3.63, 3.8) is 0 Å². The fourth-order valence-corrected chi connectivity index (χ4v) is 3.65. The first-order chi connectivity index (χ1) is 8.26. The molecule has 2 nitrogen and oxygen atoms in total. The minimum Gasteiger partial charge on any atom is -0.310 e. The summed E-state index contributed by atoms with van der Waals surface area (Å²) in [5.74, 6) is 0. The van der Waals surface area contributed by atoms with Gasteiger partial charge in [0.2, 0.25) is 0 Å². The molecule has 1 aliphatic carbocycles. The highest BCUT2D eigenvalue weighted by Crippen LogP contribution is 2.62. The summed E-state index contributed by atoms with van der Waals surface area (Å²) in [5.41, 5.74) is 0.939. The molecule has 0 amide bonds. The maximum absolute atomic E-state index is 3.95. The molecule has 106 valence electrons. The van der Waals surface area contributed by atoms with Crippen LogP contribution in [0.4, 0.5) is 0 Å². The zero-order valence-electron chi connectivity index (χ0n) is 13.2. The second kappa shape index (κ2) is 4.79. The van der Waals surface area contributed by atoms with Crippen molar-refractivity contribution in [1.29, 1.82) is 0 Å². The van der Waals surface area contributed by atoms with Gasteiger partial charge in [0, 0.05) is 18.1 Å². The summed E-state index contributed by atoms with van der Waals surface area (Å²) < 4.78 is 0. The van der Waals surface area contributed by atoms with Gasteiger partial charge in [0.1, 0.15) is 0 Å². The Morgan fingerprint density at radius 3 is 2.11 bits per heavy atom. The lowest BCUT2D eigenvalue weighted by atomic mass is 10.0. The molecule has 0 aromatic carbocycles. The predicted molar refractivity (Wildman–Crippen MR) is 78.8 cm³/mol. The first kappa shape index (κ1) is 14.3. The van der Waals surface area contributed by atoms with E-state index in [1.807, 2.05) is 0 Å². The van der Waals surface area contributed by atoms with E-state index in [1.54, 1.807) is 0 Å². The van der Waals surface area contributed by atoms with E-state index in [0.717, 1.165) is 6.04 Å². The lowest BCUT2D eigenvalue weighted by Gasteiger charge is -2.24. The fourth-order valence-electron chi connectivity index (χ4n) is 3.65. The van der Waals surface area contributed by atoms with E-state index < -0.39 is 0 Å². The number of likely N-dealkylation sites (tertiary alicyclic amines) is 1. The van der Waals surface area contributed by atoms with E-state index in [-0.39, 0.29) is 0 Å². The largest absolute Gasteiger partial charge is 0.310 e. The molecule has 1 aliphatic heterocycles. The highest BCUT2D eigenvalue weighted by atomic mass is 15.2. The van der Waals surface area contributed by atoms with Crippen LogP contribution in [0.2, 0.25) is 0 Å². The standard InChI is InChI=1S/C16H32N2/c1-12(2)18-10-7-8-13(9-11-18)17-14-15(3,4)16(14,5)6/h12-14,17H,7-11H2,1-6H3. The quantitative estimate of drug-likeness (QED) is 0.829. The monoisotopic (exact) mass is 252 g/mol. The molecule has 1 atom stereocenters. The Morgan fingerprint density at radius 2 is 1.61 bits per heavy atom. The smallest absolute Gasteiger partial charge is 0.0183 e. The van der Waals surface area contributed by atoms with Gasteiger partial charge in [0.15, 0.2) is 0 Å². The Balaban J connectivity index is 1.85. The van der Waals surface area contributed by atoms with Gasteiger partial charge < -0.3 is 10.2 Å². The summed E-state index contributed by atoms with van der Waals surface area (Å²) in [6.07, 6.45) is 4.02. The van der Waals surface area contributed by atoms with Crippen molar-refractivity contribution < 1.29 is 0 Å². The topological polar surface area (TPSA) is 15.3 Å². The van der Waals surface area contributed by atoms with E-state index in [2.05, 4.69) is 51.8 Å². The van der Waals surface area contributed by atoms with Gasteiger partial charge in [-0.05, 0) is 57.0 Å². The van der Waals surface area contributed by atoms with Gasteiger partial charge in [0.05, 0.1) is 0 Å². The zero-order chi connectivity index (χ0) is 13.6. The van der Waals surface area contributed by atoms with Gasteiger partial charge in [-0.3, -0.25) is 0 Å². The molecule has 0 aromatic rings. The Labute approximate surface area is 114 Å². The van der Waals surface area contributed by atoms with Crippen LogP contribution in [0.1, 0.15) is 60.8 Å². The number of hydrogen-bond donors (Lipinski definition) is 1. The summed E-state index contributed by atoms with van der Waals surface area (Å²) >= 11 is 0. The Hall–Kier alpha value is -0.0800.